The average molecular weight is 335 g/mol. The third kappa shape index (κ3) is 4.09. The van der Waals surface area contributed by atoms with Crippen molar-refractivity contribution in [1.82, 2.24) is 0 Å². The molecule has 1 aliphatic carbocycles. The molecule has 1 atom stereocenters. The van der Waals surface area contributed by atoms with Crippen LogP contribution in [0.3, 0.4) is 0 Å². The minimum atomic E-state index is -3.69. The molecule has 0 heterocycles. The molecule has 0 amide bonds. The fourth-order valence-electron chi connectivity index (χ4n) is 2.84. The molecule has 1 unspecified atom stereocenters. The van der Waals surface area contributed by atoms with Crippen LogP contribution in [-0.4, -0.2) is 27.3 Å². The molecule has 0 saturated carbocycles. The van der Waals surface area contributed by atoms with Gasteiger partial charge in [0.25, 0.3) is 10.0 Å². The molecule has 5 heteroatoms. The number of rotatable bonds is 4. The highest BCUT2D eigenvalue weighted by Crippen LogP contribution is 2.33. The highest BCUT2D eigenvalue weighted by molar-refractivity contribution is 7.90. The number of hydrogen-bond donors (Lipinski definition) is 0. The number of allylic oxidation sites excluding steroid dienone is 1. The summed E-state index contributed by atoms with van der Waals surface area (Å²) in [6.45, 7) is 8.15. The molecule has 0 saturated heterocycles. The molecule has 0 radical (unpaired) electrons. The maximum atomic E-state index is 12.6. The van der Waals surface area contributed by atoms with Crippen molar-refractivity contribution in [2.75, 3.05) is 7.11 Å². The van der Waals surface area contributed by atoms with Gasteiger partial charge in [-0.3, -0.25) is 0 Å². The number of benzene rings is 1. The van der Waals surface area contributed by atoms with E-state index in [0.29, 0.717) is 12.1 Å². The van der Waals surface area contributed by atoms with Crippen LogP contribution in [0.15, 0.2) is 45.2 Å². The Labute approximate surface area is 139 Å². The van der Waals surface area contributed by atoms with Gasteiger partial charge in [0.05, 0.1) is 16.7 Å². The molecule has 1 aromatic carbocycles. The van der Waals surface area contributed by atoms with E-state index in [0.717, 1.165) is 17.6 Å². The van der Waals surface area contributed by atoms with Crippen molar-refractivity contribution in [3.05, 3.63) is 41.5 Å². The minimum absolute atomic E-state index is 0.126. The lowest BCUT2D eigenvalue weighted by molar-refractivity contribution is 0.0489. The lowest BCUT2D eigenvalue weighted by Crippen LogP contribution is -2.32. The van der Waals surface area contributed by atoms with Gasteiger partial charge < -0.3 is 4.74 Å². The normalized spacial score (nSPS) is 19.0. The van der Waals surface area contributed by atoms with Crippen molar-refractivity contribution in [3.8, 4) is 0 Å². The average Bonchev–Trinajstić information content (AvgIpc) is 2.86. The Morgan fingerprint density at radius 1 is 1.17 bits per heavy atom. The van der Waals surface area contributed by atoms with Crippen LogP contribution < -0.4 is 0 Å². The first kappa shape index (κ1) is 17.9. The molecule has 0 N–H and O–H groups in total. The van der Waals surface area contributed by atoms with E-state index in [1.54, 1.807) is 31.4 Å². The number of aryl methyl sites for hydroxylation is 1. The summed E-state index contributed by atoms with van der Waals surface area (Å²) >= 11 is 0. The van der Waals surface area contributed by atoms with Crippen LogP contribution in [0.1, 0.15) is 39.2 Å². The predicted octanol–water partition coefficient (Wildman–Crippen LogP) is 3.91. The molecule has 23 heavy (non-hydrogen) atoms. The van der Waals surface area contributed by atoms with Crippen molar-refractivity contribution in [2.45, 2.75) is 51.5 Å². The van der Waals surface area contributed by atoms with E-state index in [9.17, 15) is 8.42 Å². The van der Waals surface area contributed by atoms with Crippen LogP contribution in [0.4, 0.5) is 0 Å². The maximum Gasteiger partial charge on any atom is 0.282 e. The quantitative estimate of drug-likeness (QED) is 0.838. The summed E-state index contributed by atoms with van der Waals surface area (Å²) in [5.41, 5.74) is 2.41. The van der Waals surface area contributed by atoms with Crippen LogP contribution >= 0.6 is 0 Å². The summed E-state index contributed by atoms with van der Waals surface area (Å²) in [6.07, 6.45) is 3.31. The number of methoxy groups -OCH3 is 1. The van der Waals surface area contributed by atoms with Crippen molar-refractivity contribution < 1.29 is 13.2 Å². The number of ether oxygens (including phenoxy) is 1. The molecule has 0 aliphatic heterocycles. The Morgan fingerprint density at radius 3 is 2.30 bits per heavy atom. The third-order valence-corrected chi connectivity index (χ3v) is 5.26. The van der Waals surface area contributed by atoms with Crippen LogP contribution in [0.2, 0.25) is 0 Å². The second kappa shape index (κ2) is 6.57. The van der Waals surface area contributed by atoms with Crippen molar-refractivity contribution in [1.29, 1.82) is 0 Å². The Morgan fingerprint density at radius 2 is 1.78 bits per heavy atom. The van der Waals surface area contributed by atoms with E-state index in [2.05, 4.69) is 25.2 Å². The molecular weight excluding hydrogens is 310 g/mol. The van der Waals surface area contributed by atoms with Crippen LogP contribution in [0, 0.1) is 12.3 Å². The first-order valence-corrected chi connectivity index (χ1v) is 9.23. The number of sulfonamides is 1. The largest absolute Gasteiger partial charge is 0.376 e. The highest BCUT2D eigenvalue weighted by Gasteiger charge is 2.33. The van der Waals surface area contributed by atoms with Crippen LogP contribution in [-0.2, 0) is 14.8 Å². The van der Waals surface area contributed by atoms with Gasteiger partial charge in [-0.2, -0.15) is 12.8 Å². The van der Waals surface area contributed by atoms with Gasteiger partial charge >= 0.3 is 0 Å². The fourth-order valence-corrected chi connectivity index (χ4v) is 3.91. The zero-order valence-corrected chi connectivity index (χ0v) is 15.3. The Balaban J connectivity index is 2.38. The Bertz CT molecular complexity index is 723. The molecule has 0 aromatic heterocycles. The highest BCUT2D eigenvalue weighted by atomic mass is 32.2. The van der Waals surface area contributed by atoms with Crippen LogP contribution in [0.25, 0.3) is 0 Å². The van der Waals surface area contributed by atoms with E-state index in [1.807, 2.05) is 13.0 Å². The molecule has 2 rings (SSSR count). The molecule has 126 valence electrons. The van der Waals surface area contributed by atoms with E-state index in [1.165, 1.54) is 0 Å². The van der Waals surface area contributed by atoms with Crippen LogP contribution in [0.5, 0.6) is 0 Å². The monoisotopic (exact) mass is 335 g/mol. The second-order valence-electron chi connectivity index (χ2n) is 7.01. The molecule has 0 spiro atoms. The smallest absolute Gasteiger partial charge is 0.282 e. The first-order valence-electron chi connectivity index (χ1n) is 7.79. The van der Waals surface area contributed by atoms with Gasteiger partial charge in [0, 0.05) is 7.11 Å². The van der Waals surface area contributed by atoms with Gasteiger partial charge in [-0.25, -0.2) is 0 Å². The molecule has 0 fully saturated rings. The van der Waals surface area contributed by atoms with Gasteiger partial charge in [0.2, 0.25) is 0 Å². The van der Waals surface area contributed by atoms with E-state index < -0.39 is 10.0 Å². The second-order valence-corrected chi connectivity index (χ2v) is 8.61. The Kier molecular flexibility index (Phi) is 5.11. The van der Waals surface area contributed by atoms with Gasteiger partial charge in [-0.1, -0.05) is 44.5 Å². The van der Waals surface area contributed by atoms with Crippen molar-refractivity contribution in [3.63, 3.8) is 0 Å². The van der Waals surface area contributed by atoms with E-state index >= 15 is 0 Å². The molecule has 1 aromatic rings. The molecular formula is C18H25NO3S. The fraction of sp³-hybridized carbons (Fsp3) is 0.500. The molecule has 0 bridgehead atoms. The first-order chi connectivity index (χ1) is 10.6. The summed E-state index contributed by atoms with van der Waals surface area (Å²) in [6, 6.07) is 6.77. The maximum absolute atomic E-state index is 12.6. The van der Waals surface area contributed by atoms with Crippen molar-refractivity contribution >= 4 is 15.7 Å². The Hall–Kier alpha value is -1.46. The predicted molar refractivity (Wildman–Crippen MR) is 93.4 cm³/mol. The minimum Gasteiger partial charge on any atom is -0.376 e. The lowest BCUT2D eigenvalue weighted by atomic mass is 9.83. The molecule has 4 nitrogen and oxygen atoms in total. The summed E-state index contributed by atoms with van der Waals surface area (Å²) in [5.74, 6) is 0. The number of nitrogens with zero attached hydrogens (tertiary/aromatic N) is 1. The molecule has 1 aliphatic rings. The van der Waals surface area contributed by atoms with Crippen molar-refractivity contribution in [2.24, 2.45) is 9.81 Å². The SMILES string of the molecule is COC(C1=CCC/C1=N/S(=O)(=O)c1ccc(C)cc1)C(C)(C)C. The lowest BCUT2D eigenvalue weighted by Gasteiger charge is -2.30. The van der Waals surface area contributed by atoms with Gasteiger partial charge in [0.1, 0.15) is 0 Å². The zero-order valence-electron chi connectivity index (χ0n) is 14.5. The standard InChI is InChI=1S/C18H25NO3S/c1-13-9-11-14(12-10-13)23(20,21)19-16-8-6-7-15(16)17(22-5)18(2,3)4/h7,9-12,17H,6,8H2,1-5H3/b19-16-. The van der Waals surface area contributed by atoms with Gasteiger partial charge in [0.15, 0.2) is 0 Å². The summed E-state index contributed by atoms with van der Waals surface area (Å²) in [4.78, 5) is 0.228. The summed E-state index contributed by atoms with van der Waals surface area (Å²) < 4.78 is 34.8. The zero-order chi connectivity index (χ0) is 17.3. The van der Waals surface area contributed by atoms with Gasteiger partial charge in [-0.05, 0) is 42.9 Å². The number of hydrogen-bond acceptors (Lipinski definition) is 3. The summed E-state index contributed by atoms with van der Waals surface area (Å²) in [5, 5.41) is 0. The van der Waals surface area contributed by atoms with Gasteiger partial charge in [-0.15, -0.1) is 0 Å². The third-order valence-electron chi connectivity index (χ3n) is 3.93. The summed E-state index contributed by atoms with van der Waals surface area (Å²) in [7, 11) is -2.04. The van der Waals surface area contributed by atoms with E-state index in [-0.39, 0.29) is 16.4 Å². The topological polar surface area (TPSA) is 55.7 Å². The van der Waals surface area contributed by atoms with E-state index in [4.69, 9.17) is 4.74 Å².